The number of likely N-dealkylation sites (tertiary alicyclic amines) is 2. The Balaban J connectivity index is 1.90. The Kier molecular flexibility index (Phi) is 5.89. The fourth-order valence-corrected chi connectivity index (χ4v) is 3.55. The summed E-state index contributed by atoms with van der Waals surface area (Å²) in [5.41, 5.74) is -0.453. The van der Waals surface area contributed by atoms with Gasteiger partial charge in [0.2, 0.25) is 5.91 Å². The van der Waals surface area contributed by atoms with Crippen molar-refractivity contribution in [2.45, 2.75) is 70.6 Å². The first-order valence-corrected chi connectivity index (χ1v) is 8.77. The molecule has 2 fully saturated rings. The Hall–Kier alpha value is -1.30. The average molecular weight is 325 g/mol. The van der Waals surface area contributed by atoms with Gasteiger partial charge in [0.25, 0.3) is 0 Å². The van der Waals surface area contributed by atoms with E-state index in [-0.39, 0.29) is 18.0 Å². The molecule has 1 atom stereocenters. The Morgan fingerprint density at radius 2 is 1.70 bits per heavy atom. The highest BCUT2D eigenvalue weighted by Crippen LogP contribution is 2.26. The van der Waals surface area contributed by atoms with E-state index in [1.165, 1.54) is 0 Å². The summed E-state index contributed by atoms with van der Waals surface area (Å²) in [6.07, 6.45) is 4.80. The first-order chi connectivity index (χ1) is 10.8. The molecule has 2 aliphatic heterocycles. The van der Waals surface area contributed by atoms with E-state index in [4.69, 9.17) is 4.74 Å². The van der Waals surface area contributed by atoms with Crippen molar-refractivity contribution in [3.05, 3.63) is 0 Å². The van der Waals surface area contributed by atoms with Crippen LogP contribution in [-0.2, 0) is 9.53 Å². The zero-order chi connectivity index (χ0) is 17.0. The van der Waals surface area contributed by atoms with Crippen LogP contribution in [0.2, 0.25) is 0 Å². The molecular weight excluding hydrogens is 294 g/mol. The van der Waals surface area contributed by atoms with Crippen LogP contribution < -0.4 is 5.32 Å². The molecule has 2 saturated heterocycles. The molecule has 0 saturated carbocycles. The number of ether oxygens (including phenoxy) is 1. The van der Waals surface area contributed by atoms with Gasteiger partial charge in [0.15, 0.2) is 0 Å². The van der Waals surface area contributed by atoms with Gasteiger partial charge in [-0.2, -0.15) is 0 Å². The maximum atomic E-state index is 12.1. The van der Waals surface area contributed by atoms with Crippen LogP contribution >= 0.6 is 0 Å². The van der Waals surface area contributed by atoms with Crippen molar-refractivity contribution in [3.8, 4) is 0 Å². The molecule has 6 nitrogen and oxygen atoms in total. The highest BCUT2D eigenvalue weighted by Gasteiger charge is 2.36. The number of rotatable bonds is 2. The largest absolute Gasteiger partial charge is 0.444 e. The predicted octanol–water partition coefficient (Wildman–Crippen LogP) is 1.99. The molecule has 0 spiro atoms. The Morgan fingerprint density at radius 3 is 2.26 bits per heavy atom. The summed E-state index contributed by atoms with van der Waals surface area (Å²) in [7, 11) is 1.71. The van der Waals surface area contributed by atoms with Crippen LogP contribution in [0.25, 0.3) is 0 Å². The second kappa shape index (κ2) is 7.51. The van der Waals surface area contributed by atoms with Crippen molar-refractivity contribution in [2.75, 3.05) is 26.7 Å². The molecule has 0 aromatic heterocycles. The van der Waals surface area contributed by atoms with Crippen LogP contribution in [0.15, 0.2) is 0 Å². The van der Waals surface area contributed by atoms with Gasteiger partial charge in [-0.3, -0.25) is 9.69 Å². The fraction of sp³-hybridized carbons (Fsp3) is 0.882. The number of nitrogens with one attached hydrogen (secondary N) is 1. The van der Waals surface area contributed by atoms with Crippen molar-refractivity contribution in [1.29, 1.82) is 0 Å². The van der Waals surface area contributed by atoms with E-state index in [1.807, 2.05) is 20.8 Å². The number of likely N-dealkylation sites (N-methyl/N-ethyl adjacent to an activating group) is 1. The molecule has 0 aromatic rings. The quantitative estimate of drug-likeness (QED) is 0.843. The summed E-state index contributed by atoms with van der Waals surface area (Å²) < 4.78 is 5.44. The first-order valence-electron chi connectivity index (χ1n) is 8.77. The smallest absolute Gasteiger partial charge is 0.410 e. The van der Waals surface area contributed by atoms with E-state index in [2.05, 4.69) is 10.2 Å². The van der Waals surface area contributed by atoms with Gasteiger partial charge in [-0.1, -0.05) is 6.42 Å². The number of nitrogens with zero attached hydrogens (tertiary/aromatic N) is 2. The zero-order valence-corrected chi connectivity index (χ0v) is 14.9. The molecule has 1 N–H and O–H groups in total. The van der Waals surface area contributed by atoms with E-state index >= 15 is 0 Å². The fourth-order valence-electron chi connectivity index (χ4n) is 3.55. The van der Waals surface area contributed by atoms with E-state index in [0.29, 0.717) is 19.1 Å². The van der Waals surface area contributed by atoms with Crippen LogP contribution in [0.3, 0.4) is 0 Å². The van der Waals surface area contributed by atoms with Gasteiger partial charge >= 0.3 is 6.09 Å². The van der Waals surface area contributed by atoms with Crippen LogP contribution in [0.1, 0.15) is 52.9 Å². The molecule has 23 heavy (non-hydrogen) atoms. The van der Waals surface area contributed by atoms with Crippen molar-refractivity contribution >= 4 is 12.0 Å². The minimum Gasteiger partial charge on any atom is -0.444 e. The van der Waals surface area contributed by atoms with Crippen LogP contribution in [0.4, 0.5) is 4.79 Å². The zero-order valence-electron chi connectivity index (χ0n) is 14.9. The molecule has 2 amide bonds. The average Bonchev–Trinajstić information content (AvgIpc) is 2.52. The lowest BCUT2D eigenvalue weighted by molar-refractivity contribution is -0.128. The summed E-state index contributed by atoms with van der Waals surface area (Å²) >= 11 is 0. The summed E-state index contributed by atoms with van der Waals surface area (Å²) in [6, 6.07) is 0.378. The summed E-state index contributed by atoms with van der Waals surface area (Å²) in [4.78, 5) is 28.4. The van der Waals surface area contributed by atoms with Crippen molar-refractivity contribution in [1.82, 2.24) is 15.1 Å². The number of carbonyl (C=O) groups excluding carboxylic acids is 2. The van der Waals surface area contributed by atoms with E-state index < -0.39 is 5.60 Å². The second-order valence-corrected chi connectivity index (χ2v) is 7.56. The third kappa shape index (κ3) is 4.83. The Bertz CT molecular complexity index is 425. The predicted molar refractivity (Wildman–Crippen MR) is 89.2 cm³/mol. The van der Waals surface area contributed by atoms with Gasteiger partial charge in [0.05, 0.1) is 6.04 Å². The summed E-state index contributed by atoms with van der Waals surface area (Å²) in [5, 5.41) is 2.79. The topological polar surface area (TPSA) is 61.9 Å². The SMILES string of the molecule is CNC(=O)C1CCCCN1C1CCN(C(=O)OC(C)(C)C)CC1. The number of carbonyl (C=O) groups is 2. The molecule has 2 rings (SSSR count). The molecule has 0 aromatic carbocycles. The molecule has 132 valence electrons. The lowest BCUT2D eigenvalue weighted by Gasteiger charge is -2.43. The first kappa shape index (κ1) is 18.0. The van der Waals surface area contributed by atoms with Crippen molar-refractivity contribution in [2.24, 2.45) is 0 Å². The van der Waals surface area contributed by atoms with Gasteiger partial charge in [-0.25, -0.2) is 4.79 Å². The number of amides is 2. The van der Waals surface area contributed by atoms with Gasteiger partial charge in [-0.15, -0.1) is 0 Å². The Morgan fingerprint density at radius 1 is 1.04 bits per heavy atom. The normalized spacial score (nSPS) is 24.3. The second-order valence-electron chi connectivity index (χ2n) is 7.56. The van der Waals surface area contributed by atoms with Crippen molar-refractivity contribution in [3.63, 3.8) is 0 Å². The van der Waals surface area contributed by atoms with Gasteiger partial charge in [0.1, 0.15) is 5.60 Å². The molecule has 6 heteroatoms. The standard InChI is InChI=1S/C17H31N3O3/c1-17(2,3)23-16(22)19-11-8-13(9-12-19)20-10-6-5-7-14(20)15(21)18-4/h13-14H,5-12H2,1-4H3,(H,18,21). The Labute approximate surface area is 139 Å². The lowest BCUT2D eigenvalue weighted by Crippen LogP contribution is -2.56. The van der Waals surface area contributed by atoms with Gasteiger partial charge in [0, 0.05) is 26.2 Å². The minimum absolute atomic E-state index is 0.00757. The number of piperidine rings is 2. The minimum atomic E-state index is -0.453. The maximum Gasteiger partial charge on any atom is 0.410 e. The third-order valence-electron chi connectivity index (χ3n) is 4.68. The van der Waals surface area contributed by atoms with Crippen molar-refractivity contribution < 1.29 is 14.3 Å². The van der Waals surface area contributed by atoms with Crippen LogP contribution in [-0.4, -0.2) is 66.2 Å². The molecule has 0 radical (unpaired) electrons. The molecular formula is C17H31N3O3. The van der Waals surface area contributed by atoms with Crippen LogP contribution in [0.5, 0.6) is 0 Å². The molecule has 2 aliphatic rings. The monoisotopic (exact) mass is 325 g/mol. The highest BCUT2D eigenvalue weighted by molar-refractivity contribution is 5.81. The van der Waals surface area contributed by atoms with E-state index in [1.54, 1.807) is 11.9 Å². The summed E-state index contributed by atoms with van der Waals surface area (Å²) in [6.45, 7) is 8.06. The molecule has 0 aliphatic carbocycles. The third-order valence-corrected chi connectivity index (χ3v) is 4.68. The maximum absolute atomic E-state index is 12.1. The highest BCUT2D eigenvalue weighted by atomic mass is 16.6. The summed E-state index contributed by atoms with van der Waals surface area (Å²) in [5.74, 6) is 0.124. The molecule has 0 bridgehead atoms. The van der Waals surface area contributed by atoms with Gasteiger partial charge < -0.3 is 15.0 Å². The van der Waals surface area contributed by atoms with Crippen LogP contribution in [0, 0.1) is 0 Å². The lowest BCUT2D eigenvalue weighted by atomic mass is 9.94. The number of hydrogen-bond donors (Lipinski definition) is 1. The number of hydrogen-bond acceptors (Lipinski definition) is 4. The van der Waals surface area contributed by atoms with E-state index in [0.717, 1.165) is 38.6 Å². The van der Waals surface area contributed by atoms with Gasteiger partial charge in [-0.05, 0) is 53.0 Å². The van der Waals surface area contributed by atoms with E-state index in [9.17, 15) is 9.59 Å². The molecule has 2 heterocycles. The molecule has 1 unspecified atom stereocenters.